The van der Waals surface area contributed by atoms with Crippen molar-refractivity contribution in [1.82, 2.24) is 15.1 Å². The Balaban J connectivity index is 1.44. The molecule has 3 fully saturated rings. The molecular formula is C15H25N3O3. The van der Waals surface area contributed by atoms with E-state index in [0.717, 1.165) is 58.5 Å². The first kappa shape index (κ1) is 14.8. The number of nitrogens with one attached hydrogen (secondary N) is 1. The van der Waals surface area contributed by atoms with Crippen LogP contribution in [0.25, 0.3) is 0 Å². The summed E-state index contributed by atoms with van der Waals surface area (Å²) in [7, 11) is 0. The van der Waals surface area contributed by atoms with Crippen molar-refractivity contribution in [2.24, 2.45) is 11.3 Å². The van der Waals surface area contributed by atoms with Gasteiger partial charge in [0.2, 0.25) is 5.91 Å². The van der Waals surface area contributed by atoms with Crippen LogP contribution in [0.5, 0.6) is 0 Å². The van der Waals surface area contributed by atoms with Crippen molar-refractivity contribution in [2.75, 3.05) is 45.8 Å². The van der Waals surface area contributed by atoms with E-state index in [1.807, 2.05) is 4.90 Å². The van der Waals surface area contributed by atoms with E-state index < -0.39 is 5.97 Å². The Hall–Kier alpha value is -1.14. The van der Waals surface area contributed by atoms with Crippen molar-refractivity contribution < 1.29 is 14.7 Å². The van der Waals surface area contributed by atoms with Crippen molar-refractivity contribution >= 4 is 11.9 Å². The van der Waals surface area contributed by atoms with Crippen molar-refractivity contribution in [3.63, 3.8) is 0 Å². The second kappa shape index (κ2) is 5.93. The number of carboxylic acid groups (broad SMARTS) is 1. The van der Waals surface area contributed by atoms with Crippen LogP contribution in [0.1, 0.15) is 25.7 Å². The molecule has 0 radical (unpaired) electrons. The molecule has 6 heteroatoms. The molecule has 2 heterocycles. The monoisotopic (exact) mass is 295 g/mol. The van der Waals surface area contributed by atoms with E-state index in [9.17, 15) is 9.59 Å². The van der Waals surface area contributed by atoms with Gasteiger partial charge in [0.25, 0.3) is 0 Å². The van der Waals surface area contributed by atoms with Crippen LogP contribution in [0.15, 0.2) is 0 Å². The van der Waals surface area contributed by atoms with E-state index >= 15 is 0 Å². The zero-order chi connectivity index (χ0) is 14.9. The van der Waals surface area contributed by atoms with Crippen LogP contribution in [0.4, 0.5) is 0 Å². The van der Waals surface area contributed by atoms with E-state index in [0.29, 0.717) is 17.9 Å². The zero-order valence-electron chi connectivity index (χ0n) is 12.5. The minimum Gasteiger partial charge on any atom is -0.481 e. The van der Waals surface area contributed by atoms with Crippen LogP contribution in [-0.2, 0) is 9.59 Å². The third-order valence-electron chi connectivity index (χ3n) is 5.41. The van der Waals surface area contributed by atoms with Crippen LogP contribution >= 0.6 is 0 Å². The summed E-state index contributed by atoms with van der Waals surface area (Å²) in [6.07, 6.45) is 3.55. The zero-order valence-corrected chi connectivity index (χ0v) is 12.5. The molecule has 0 aromatic carbocycles. The Bertz CT molecular complexity index is 412. The predicted molar refractivity (Wildman–Crippen MR) is 77.9 cm³/mol. The maximum absolute atomic E-state index is 12.6. The van der Waals surface area contributed by atoms with Crippen LogP contribution in [0.2, 0.25) is 0 Å². The lowest BCUT2D eigenvalue weighted by Crippen LogP contribution is -2.50. The number of aliphatic carboxylic acids is 1. The van der Waals surface area contributed by atoms with E-state index in [2.05, 4.69) is 10.2 Å². The highest BCUT2D eigenvalue weighted by Gasteiger charge is 2.58. The molecule has 2 N–H and O–H groups in total. The molecular weight excluding hydrogens is 270 g/mol. The maximum Gasteiger partial charge on any atom is 0.304 e. The summed E-state index contributed by atoms with van der Waals surface area (Å²) in [5.74, 6) is -0.153. The van der Waals surface area contributed by atoms with Gasteiger partial charge < -0.3 is 15.3 Å². The van der Waals surface area contributed by atoms with Crippen molar-refractivity contribution in [3.05, 3.63) is 0 Å². The van der Waals surface area contributed by atoms with Gasteiger partial charge in [-0.05, 0) is 37.8 Å². The molecule has 1 saturated carbocycles. The molecule has 1 amide bonds. The number of hydrogen-bond donors (Lipinski definition) is 2. The summed E-state index contributed by atoms with van der Waals surface area (Å²) < 4.78 is 0. The summed E-state index contributed by atoms with van der Waals surface area (Å²) in [4.78, 5) is 27.3. The van der Waals surface area contributed by atoms with Gasteiger partial charge in [0.1, 0.15) is 0 Å². The van der Waals surface area contributed by atoms with Crippen LogP contribution in [0.3, 0.4) is 0 Å². The van der Waals surface area contributed by atoms with Gasteiger partial charge in [-0.2, -0.15) is 0 Å². The van der Waals surface area contributed by atoms with Gasteiger partial charge in [0.15, 0.2) is 0 Å². The van der Waals surface area contributed by atoms with E-state index in [-0.39, 0.29) is 12.3 Å². The third kappa shape index (κ3) is 3.21. The molecule has 1 atom stereocenters. The third-order valence-corrected chi connectivity index (χ3v) is 5.41. The molecule has 1 spiro atoms. The Morgan fingerprint density at radius 2 is 1.81 bits per heavy atom. The smallest absolute Gasteiger partial charge is 0.304 e. The predicted octanol–water partition coefficient (Wildman–Crippen LogP) is -0.00500. The standard InChI is InChI=1S/C15H25N3O3/c19-13(20)1-6-17-7-9-18(10-8-17)14(21)12-11-15(12)2-4-16-5-3-15/h12,16H,1-11H2,(H,19,20). The number of hydrogen-bond acceptors (Lipinski definition) is 4. The normalized spacial score (nSPS) is 28.6. The number of carboxylic acids is 1. The second-order valence-electron chi connectivity index (χ2n) is 6.68. The van der Waals surface area contributed by atoms with Gasteiger partial charge in [-0.3, -0.25) is 14.5 Å². The fraction of sp³-hybridized carbons (Fsp3) is 0.867. The lowest BCUT2D eigenvalue weighted by atomic mass is 9.91. The van der Waals surface area contributed by atoms with Crippen LogP contribution in [-0.4, -0.2) is 72.6 Å². The van der Waals surface area contributed by atoms with E-state index in [1.54, 1.807) is 0 Å². The summed E-state index contributed by atoms with van der Waals surface area (Å²) >= 11 is 0. The molecule has 1 aliphatic carbocycles. The van der Waals surface area contributed by atoms with Crippen molar-refractivity contribution in [3.8, 4) is 0 Å². The Labute approximate surface area is 125 Å². The molecule has 6 nitrogen and oxygen atoms in total. The quantitative estimate of drug-likeness (QED) is 0.763. The van der Waals surface area contributed by atoms with Gasteiger partial charge in [-0.15, -0.1) is 0 Å². The number of nitrogens with zero attached hydrogens (tertiary/aromatic N) is 2. The number of rotatable bonds is 4. The summed E-state index contributed by atoms with van der Waals surface area (Å²) in [5.41, 5.74) is 0.308. The fourth-order valence-electron chi connectivity index (χ4n) is 3.84. The largest absolute Gasteiger partial charge is 0.481 e. The molecule has 0 aromatic rings. The van der Waals surface area contributed by atoms with E-state index in [1.165, 1.54) is 0 Å². The second-order valence-corrected chi connectivity index (χ2v) is 6.68. The molecule has 118 valence electrons. The molecule has 0 bridgehead atoms. The minimum absolute atomic E-state index is 0.187. The lowest BCUT2D eigenvalue weighted by Gasteiger charge is -2.35. The molecule has 1 unspecified atom stereocenters. The number of amides is 1. The Kier molecular flexibility index (Phi) is 4.17. The average Bonchev–Trinajstić information content (AvgIpc) is 3.19. The highest BCUT2D eigenvalue weighted by molar-refractivity contribution is 5.83. The summed E-state index contributed by atoms with van der Waals surface area (Å²) in [6.45, 7) is 5.81. The summed E-state index contributed by atoms with van der Waals surface area (Å²) in [6, 6.07) is 0. The van der Waals surface area contributed by atoms with Crippen LogP contribution < -0.4 is 5.32 Å². The van der Waals surface area contributed by atoms with Crippen molar-refractivity contribution in [2.45, 2.75) is 25.7 Å². The van der Waals surface area contributed by atoms with Gasteiger partial charge in [-0.1, -0.05) is 0 Å². The molecule has 2 aliphatic heterocycles. The maximum atomic E-state index is 12.6. The molecule has 21 heavy (non-hydrogen) atoms. The first-order valence-corrected chi connectivity index (χ1v) is 8.04. The number of carbonyl (C=O) groups excluding carboxylic acids is 1. The van der Waals surface area contributed by atoms with Crippen LogP contribution in [0, 0.1) is 11.3 Å². The van der Waals surface area contributed by atoms with Crippen molar-refractivity contribution in [1.29, 1.82) is 0 Å². The SMILES string of the molecule is O=C(O)CCN1CCN(C(=O)C2CC23CCNCC3)CC1. The minimum atomic E-state index is -0.751. The number of carbonyl (C=O) groups is 2. The van der Waals surface area contributed by atoms with Gasteiger partial charge >= 0.3 is 5.97 Å². The summed E-state index contributed by atoms with van der Waals surface area (Å²) in [5, 5.41) is 12.1. The first-order chi connectivity index (χ1) is 10.1. The Morgan fingerprint density at radius 3 is 2.43 bits per heavy atom. The number of piperidine rings is 1. The topological polar surface area (TPSA) is 72.9 Å². The van der Waals surface area contributed by atoms with E-state index in [4.69, 9.17) is 5.11 Å². The van der Waals surface area contributed by atoms with Gasteiger partial charge in [0.05, 0.1) is 6.42 Å². The lowest BCUT2D eigenvalue weighted by molar-refractivity contribution is -0.139. The highest BCUT2D eigenvalue weighted by atomic mass is 16.4. The first-order valence-electron chi connectivity index (χ1n) is 8.04. The van der Waals surface area contributed by atoms with Gasteiger partial charge in [-0.25, -0.2) is 0 Å². The molecule has 2 saturated heterocycles. The molecule has 3 aliphatic rings. The highest BCUT2D eigenvalue weighted by Crippen LogP contribution is 2.59. The van der Waals surface area contributed by atoms with Gasteiger partial charge in [0, 0.05) is 38.6 Å². The Morgan fingerprint density at radius 1 is 1.14 bits per heavy atom. The average molecular weight is 295 g/mol. The molecule has 3 rings (SSSR count). The number of piperazine rings is 1. The molecule has 0 aromatic heterocycles. The fourth-order valence-corrected chi connectivity index (χ4v) is 3.84.